The number of benzene rings is 6. The van der Waals surface area contributed by atoms with Gasteiger partial charge in [0.1, 0.15) is 17.7 Å². The van der Waals surface area contributed by atoms with Gasteiger partial charge in [0.05, 0.1) is 76.6 Å². The van der Waals surface area contributed by atoms with Crippen molar-refractivity contribution in [3.05, 3.63) is 216 Å². The molecule has 2 N–H and O–H groups in total. The molecule has 21 nitrogen and oxygen atoms in total. The second-order valence-corrected chi connectivity index (χ2v) is 24.6. The van der Waals surface area contributed by atoms with E-state index < -0.39 is 82.2 Å². The number of aromatic nitrogens is 4. The molecule has 2 atom stereocenters. The van der Waals surface area contributed by atoms with Crippen LogP contribution in [0.5, 0.6) is 0 Å². The molecule has 0 saturated heterocycles. The summed E-state index contributed by atoms with van der Waals surface area (Å²) in [5.41, 5.74) is 1.44. The molecule has 8 aromatic rings. The molecule has 478 valence electrons. The standard InChI is InChI=1S/C35H38Cl2N4O7.C31H30Cl2N4O6/c1-20(2)47-32(44)27(38-30(42)29-25(36)9-8-10-26(29)37)18-21-11-14-23(15-12-21)41-31(43)24-17-22(13-16-28(24)40(7)33(41)45)19-39(6)34(46)48-35(3,4)5;1-18(2)43-30(41)25(34-28(39)27-23(32)6-5-7-24(27)33)15-19-8-11-21(12-9-19)37-29(40)22-14-20(16-35(3)17-38)10-13-26(22)36(4)31(37)42/h8-17,20,27H,18-19H2,1-7H3,(H,38,42);5-14,17-18,25H,15-16H2,1-4H3,(H,34,39)/t27-;25-/m00/s1. The van der Waals surface area contributed by atoms with Crippen molar-refractivity contribution in [2.75, 3.05) is 14.1 Å². The predicted molar refractivity (Wildman–Crippen MR) is 350 cm³/mol. The second kappa shape index (κ2) is 29.7. The zero-order valence-corrected chi connectivity index (χ0v) is 54.8. The highest BCUT2D eigenvalue weighted by molar-refractivity contribution is 6.40. The number of rotatable bonds is 19. The smallest absolute Gasteiger partial charge is 0.410 e. The molecule has 0 radical (unpaired) electrons. The zero-order valence-electron chi connectivity index (χ0n) is 51.8. The molecule has 2 aromatic heterocycles. The van der Waals surface area contributed by atoms with Crippen LogP contribution in [0.3, 0.4) is 0 Å². The third-order valence-electron chi connectivity index (χ3n) is 13.9. The molecule has 6 aromatic carbocycles. The Morgan fingerprint density at radius 3 is 1.23 bits per heavy atom. The Morgan fingerprint density at radius 2 is 0.890 bits per heavy atom. The average Bonchev–Trinajstić information content (AvgIpc) is 0.800. The number of esters is 2. The van der Waals surface area contributed by atoms with E-state index in [2.05, 4.69) is 10.6 Å². The lowest BCUT2D eigenvalue weighted by Crippen LogP contribution is -2.44. The van der Waals surface area contributed by atoms with Crippen LogP contribution in [0.2, 0.25) is 20.1 Å². The van der Waals surface area contributed by atoms with Crippen molar-refractivity contribution in [2.24, 2.45) is 14.1 Å². The summed E-state index contributed by atoms with van der Waals surface area (Å²) < 4.78 is 21.1. The summed E-state index contributed by atoms with van der Waals surface area (Å²) in [6.07, 6.45) is -0.579. The number of nitrogens with one attached hydrogen (secondary N) is 2. The van der Waals surface area contributed by atoms with E-state index in [-0.39, 0.29) is 56.0 Å². The van der Waals surface area contributed by atoms with Crippen molar-refractivity contribution >= 4 is 104 Å². The molecular formula is C66H68Cl4N8O13. The molecule has 0 bridgehead atoms. The van der Waals surface area contributed by atoms with E-state index in [1.165, 1.54) is 43.2 Å². The van der Waals surface area contributed by atoms with Gasteiger partial charge < -0.3 is 34.6 Å². The van der Waals surface area contributed by atoms with Gasteiger partial charge in [0, 0.05) is 54.1 Å². The number of carbonyl (C=O) groups excluding carboxylic acids is 6. The molecular weight excluding hydrogens is 1250 g/mol. The van der Waals surface area contributed by atoms with E-state index in [1.807, 2.05) is 0 Å². The number of ether oxygens (including phenoxy) is 3. The molecule has 0 aliphatic rings. The van der Waals surface area contributed by atoms with Gasteiger partial charge in [-0.25, -0.2) is 33.1 Å². The number of halogens is 4. The molecule has 4 amide bonds. The van der Waals surface area contributed by atoms with Crippen LogP contribution in [0.1, 0.15) is 91.4 Å². The van der Waals surface area contributed by atoms with Crippen molar-refractivity contribution in [1.82, 2.24) is 38.7 Å². The van der Waals surface area contributed by atoms with Gasteiger partial charge >= 0.3 is 29.4 Å². The fourth-order valence-electron chi connectivity index (χ4n) is 9.61. The fourth-order valence-corrected chi connectivity index (χ4v) is 10.7. The number of carbonyl (C=O) groups is 6. The van der Waals surface area contributed by atoms with Gasteiger partial charge in [-0.1, -0.05) is 94.9 Å². The summed E-state index contributed by atoms with van der Waals surface area (Å²) in [4.78, 5) is 132. The van der Waals surface area contributed by atoms with Crippen molar-refractivity contribution in [2.45, 2.75) is 104 Å². The first-order valence-electron chi connectivity index (χ1n) is 28.6. The maximum absolute atomic E-state index is 13.7. The summed E-state index contributed by atoms with van der Waals surface area (Å²) in [7, 11) is 6.37. The highest BCUT2D eigenvalue weighted by Gasteiger charge is 2.29. The predicted octanol–water partition coefficient (Wildman–Crippen LogP) is 9.53. The number of hydrogen-bond donors (Lipinski definition) is 2. The first-order chi connectivity index (χ1) is 42.9. The van der Waals surface area contributed by atoms with Crippen LogP contribution < -0.4 is 33.1 Å². The monoisotopic (exact) mass is 1320 g/mol. The van der Waals surface area contributed by atoms with Crippen LogP contribution in [0.15, 0.2) is 141 Å². The summed E-state index contributed by atoms with van der Waals surface area (Å²) in [5.74, 6) is -2.58. The largest absolute Gasteiger partial charge is 0.461 e. The lowest BCUT2D eigenvalue weighted by Gasteiger charge is -2.24. The van der Waals surface area contributed by atoms with E-state index in [0.29, 0.717) is 57.4 Å². The number of amides is 4. The average molecular weight is 1320 g/mol. The third kappa shape index (κ3) is 17.1. The molecule has 8 rings (SSSR count). The minimum atomic E-state index is -1.09. The van der Waals surface area contributed by atoms with Crippen LogP contribution in [0, 0.1) is 0 Å². The third-order valence-corrected chi connectivity index (χ3v) is 15.2. The lowest BCUT2D eigenvalue weighted by atomic mass is 10.0. The number of nitrogens with zero attached hydrogens (tertiary/aromatic N) is 6. The SMILES string of the molecule is CC(C)OC(=O)[C@H](Cc1ccc(-n2c(=O)c3cc(CN(C)C(=O)OC(C)(C)C)ccc3n(C)c2=O)cc1)NC(=O)c1c(Cl)cccc1Cl.CC(C)OC(=O)[C@H](Cc1ccc(-n2c(=O)c3cc(CN(C)C=O)ccc3n(C)c2=O)cc1)NC(=O)c1c(Cl)cccc1Cl. The summed E-state index contributed by atoms with van der Waals surface area (Å²) in [6.45, 7) is 12.6. The summed E-state index contributed by atoms with van der Waals surface area (Å²) in [5, 5.41) is 6.48. The Labute approximate surface area is 543 Å². The van der Waals surface area contributed by atoms with Crippen molar-refractivity contribution in [3.63, 3.8) is 0 Å². The topological polar surface area (TPSA) is 249 Å². The zero-order chi connectivity index (χ0) is 66.9. The number of hydrogen-bond acceptors (Lipinski definition) is 13. The highest BCUT2D eigenvalue weighted by Crippen LogP contribution is 2.27. The molecule has 0 unspecified atom stereocenters. The van der Waals surface area contributed by atoms with Gasteiger partial charge in [-0.15, -0.1) is 0 Å². The Kier molecular flexibility index (Phi) is 22.7. The van der Waals surface area contributed by atoms with E-state index in [9.17, 15) is 47.9 Å². The minimum Gasteiger partial charge on any atom is -0.461 e. The van der Waals surface area contributed by atoms with Crippen molar-refractivity contribution in [3.8, 4) is 11.4 Å². The quantitative estimate of drug-likeness (QED) is 0.0435. The molecule has 0 aliphatic carbocycles. The van der Waals surface area contributed by atoms with Crippen LogP contribution in [0.25, 0.3) is 33.2 Å². The van der Waals surface area contributed by atoms with Crippen LogP contribution in [-0.4, -0.2) is 108 Å². The second-order valence-electron chi connectivity index (χ2n) is 23.0. The van der Waals surface area contributed by atoms with E-state index in [0.717, 1.165) is 14.7 Å². The van der Waals surface area contributed by atoms with E-state index in [4.69, 9.17) is 60.6 Å². The summed E-state index contributed by atoms with van der Waals surface area (Å²) in [6, 6.07) is 30.3. The highest BCUT2D eigenvalue weighted by atomic mass is 35.5. The molecule has 0 saturated carbocycles. The molecule has 25 heteroatoms. The molecule has 91 heavy (non-hydrogen) atoms. The van der Waals surface area contributed by atoms with Gasteiger partial charge in [-0.05, 0) is 144 Å². The number of aryl methyl sites for hydroxylation is 2. The van der Waals surface area contributed by atoms with Crippen LogP contribution in [-0.2, 0) is 68.6 Å². The first kappa shape index (κ1) is 69.5. The molecule has 0 aliphatic heterocycles. The van der Waals surface area contributed by atoms with Crippen LogP contribution in [0.4, 0.5) is 4.79 Å². The van der Waals surface area contributed by atoms with Crippen LogP contribution >= 0.6 is 46.4 Å². The van der Waals surface area contributed by atoms with Gasteiger partial charge in [0.15, 0.2) is 0 Å². The Bertz CT molecular complexity index is 4300. The maximum atomic E-state index is 13.7. The Morgan fingerprint density at radius 1 is 0.538 bits per heavy atom. The minimum absolute atomic E-state index is 0.0321. The van der Waals surface area contributed by atoms with Crippen molar-refractivity contribution < 1.29 is 43.0 Å². The maximum Gasteiger partial charge on any atom is 0.410 e. The van der Waals surface area contributed by atoms with E-state index in [1.54, 1.807) is 174 Å². The first-order valence-corrected chi connectivity index (χ1v) is 30.1. The normalized spacial score (nSPS) is 12.0. The molecule has 2 heterocycles. The number of fused-ring (bicyclic) bond motifs is 2. The Hall–Kier alpha value is -9.02. The van der Waals surface area contributed by atoms with Crippen molar-refractivity contribution in [1.29, 1.82) is 0 Å². The van der Waals surface area contributed by atoms with Gasteiger partial charge in [0.25, 0.3) is 22.9 Å². The van der Waals surface area contributed by atoms with E-state index >= 15 is 0 Å². The lowest BCUT2D eigenvalue weighted by molar-refractivity contribution is -0.150. The van der Waals surface area contributed by atoms with Gasteiger partial charge in [-0.3, -0.25) is 33.1 Å². The molecule has 0 fully saturated rings. The summed E-state index contributed by atoms with van der Waals surface area (Å²) >= 11 is 24.8. The van der Waals surface area contributed by atoms with Gasteiger partial charge in [-0.2, -0.15) is 0 Å². The van der Waals surface area contributed by atoms with Gasteiger partial charge in [0.2, 0.25) is 6.41 Å². The Balaban J connectivity index is 0.000000260. The fraction of sp³-hybridized carbons (Fsp3) is 0.303. The molecule has 0 spiro atoms.